The zero-order valence-electron chi connectivity index (χ0n) is 10.4. The van der Waals surface area contributed by atoms with Gasteiger partial charge in [0.2, 0.25) is 0 Å². The summed E-state index contributed by atoms with van der Waals surface area (Å²) in [4.78, 5) is 29.9. The van der Waals surface area contributed by atoms with E-state index < -0.39 is 0 Å². The summed E-state index contributed by atoms with van der Waals surface area (Å²) in [5.74, 6) is -0.710. The van der Waals surface area contributed by atoms with Crippen molar-refractivity contribution in [2.24, 2.45) is 5.92 Å². The van der Waals surface area contributed by atoms with E-state index in [1.54, 1.807) is 6.07 Å². The summed E-state index contributed by atoms with van der Waals surface area (Å²) in [6, 6.07) is 3.59. The molecule has 2 rings (SSSR count). The van der Waals surface area contributed by atoms with Gasteiger partial charge < -0.3 is 4.84 Å². The van der Waals surface area contributed by atoms with Crippen molar-refractivity contribution in [3.63, 3.8) is 0 Å². The van der Waals surface area contributed by atoms with Crippen molar-refractivity contribution in [1.82, 2.24) is 5.48 Å². The smallest absolute Gasteiger partial charge is 0.335 e. The van der Waals surface area contributed by atoms with Gasteiger partial charge in [-0.3, -0.25) is 4.79 Å². The minimum absolute atomic E-state index is 0.0517. The number of hydrogen-bond donors (Lipinski definition) is 1. The highest BCUT2D eigenvalue weighted by molar-refractivity contribution is 7.13. The third-order valence-electron chi connectivity index (χ3n) is 3.15. The molecule has 0 bridgehead atoms. The van der Waals surface area contributed by atoms with Gasteiger partial charge in [0.1, 0.15) is 0 Å². The van der Waals surface area contributed by atoms with E-state index in [-0.39, 0.29) is 17.8 Å². The second kappa shape index (κ2) is 6.00. The highest BCUT2D eigenvalue weighted by Crippen LogP contribution is 2.24. The maximum atomic E-state index is 11.7. The minimum atomic E-state index is -0.350. The first-order valence-corrected chi connectivity index (χ1v) is 7.06. The van der Waals surface area contributed by atoms with Gasteiger partial charge in [0, 0.05) is 4.88 Å². The molecule has 1 aliphatic rings. The van der Waals surface area contributed by atoms with Gasteiger partial charge in [0.25, 0.3) is 5.91 Å². The maximum absolute atomic E-state index is 11.7. The van der Waals surface area contributed by atoms with Gasteiger partial charge >= 0.3 is 5.97 Å². The maximum Gasteiger partial charge on any atom is 0.335 e. The Hall–Kier alpha value is -1.36. The summed E-state index contributed by atoms with van der Waals surface area (Å²) in [6.45, 7) is 1.93. The van der Waals surface area contributed by atoms with E-state index >= 15 is 0 Å². The lowest BCUT2D eigenvalue weighted by Gasteiger charge is -2.19. The molecule has 4 nitrogen and oxygen atoms in total. The molecule has 1 aromatic rings. The molecule has 18 heavy (non-hydrogen) atoms. The number of amides is 1. The topological polar surface area (TPSA) is 55.4 Å². The zero-order valence-corrected chi connectivity index (χ0v) is 11.2. The first-order chi connectivity index (χ1) is 8.66. The largest absolute Gasteiger partial charge is 0.340 e. The lowest BCUT2D eigenvalue weighted by Crippen LogP contribution is -2.31. The molecule has 5 heteroatoms. The number of carbonyl (C=O) groups is 2. The van der Waals surface area contributed by atoms with E-state index in [2.05, 4.69) is 5.48 Å². The fourth-order valence-electron chi connectivity index (χ4n) is 2.13. The molecule has 1 aromatic heterocycles. The van der Waals surface area contributed by atoms with Crippen LogP contribution in [0.3, 0.4) is 0 Å². The van der Waals surface area contributed by atoms with Crippen LogP contribution in [0.15, 0.2) is 12.1 Å². The molecule has 1 aliphatic carbocycles. The summed E-state index contributed by atoms with van der Waals surface area (Å²) in [5, 5.41) is 0. The molecule has 0 aromatic carbocycles. The van der Waals surface area contributed by atoms with E-state index in [0.717, 1.165) is 30.6 Å². The van der Waals surface area contributed by atoms with Gasteiger partial charge in [-0.15, -0.1) is 11.3 Å². The summed E-state index contributed by atoms with van der Waals surface area (Å²) >= 11 is 1.38. The molecular formula is C13H17NO3S. The molecule has 0 saturated heterocycles. The van der Waals surface area contributed by atoms with Crippen LogP contribution in [0.1, 0.15) is 46.7 Å². The van der Waals surface area contributed by atoms with Gasteiger partial charge in [-0.05, 0) is 31.9 Å². The van der Waals surface area contributed by atoms with Crippen molar-refractivity contribution in [3.8, 4) is 0 Å². The van der Waals surface area contributed by atoms with Gasteiger partial charge in [0.15, 0.2) is 0 Å². The highest BCUT2D eigenvalue weighted by Gasteiger charge is 2.23. The third kappa shape index (κ3) is 3.32. The average molecular weight is 267 g/mol. The standard InChI is InChI=1S/C13H17NO3S/c1-9-7-8-11(18-9)12(15)14-17-13(16)10-5-3-2-4-6-10/h7-8,10H,2-6H2,1H3,(H,14,15). The average Bonchev–Trinajstić information content (AvgIpc) is 2.83. The van der Waals surface area contributed by atoms with Crippen LogP contribution in [-0.2, 0) is 9.63 Å². The van der Waals surface area contributed by atoms with Crippen molar-refractivity contribution >= 4 is 23.2 Å². The predicted molar refractivity (Wildman–Crippen MR) is 69.2 cm³/mol. The molecule has 0 unspecified atom stereocenters. The Kier molecular flexibility index (Phi) is 4.36. The monoisotopic (exact) mass is 267 g/mol. The molecule has 0 spiro atoms. The SMILES string of the molecule is Cc1ccc(C(=O)NOC(=O)C2CCCCC2)s1. The number of nitrogens with one attached hydrogen (secondary N) is 1. The Labute approximate surface area is 110 Å². The highest BCUT2D eigenvalue weighted by atomic mass is 32.1. The van der Waals surface area contributed by atoms with E-state index in [4.69, 9.17) is 4.84 Å². The van der Waals surface area contributed by atoms with Gasteiger partial charge in [-0.2, -0.15) is 5.48 Å². The first-order valence-electron chi connectivity index (χ1n) is 6.24. The normalized spacial score (nSPS) is 16.3. The van der Waals surface area contributed by atoms with E-state index in [0.29, 0.717) is 4.88 Å². The second-order valence-corrected chi connectivity index (χ2v) is 5.89. The molecule has 0 aliphatic heterocycles. The summed E-state index contributed by atoms with van der Waals surface area (Å²) in [7, 11) is 0. The molecule has 0 atom stereocenters. The van der Waals surface area contributed by atoms with Crippen molar-refractivity contribution < 1.29 is 14.4 Å². The summed E-state index contributed by atoms with van der Waals surface area (Å²) in [5.41, 5.74) is 2.23. The van der Waals surface area contributed by atoms with E-state index in [1.807, 2.05) is 13.0 Å². The fourth-order valence-corrected chi connectivity index (χ4v) is 2.88. The number of thiophene rings is 1. The van der Waals surface area contributed by atoms with Gasteiger partial charge in [-0.1, -0.05) is 19.3 Å². The Bertz CT molecular complexity index is 435. The van der Waals surface area contributed by atoms with Crippen LogP contribution in [-0.4, -0.2) is 11.9 Å². The first kappa shape index (κ1) is 13.1. The quantitative estimate of drug-likeness (QED) is 0.838. The van der Waals surface area contributed by atoms with Crippen molar-refractivity contribution in [1.29, 1.82) is 0 Å². The Morgan fingerprint density at radius 3 is 2.61 bits per heavy atom. The van der Waals surface area contributed by atoms with E-state index in [1.165, 1.54) is 17.8 Å². The van der Waals surface area contributed by atoms with Crippen LogP contribution in [0.2, 0.25) is 0 Å². The lowest BCUT2D eigenvalue weighted by molar-refractivity contribution is -0.155. The Morgan fingerprint density at radius 1 is 1.28 bits per heavy atom. The molecule has 0 radical (unpaired) electrons. The molecule has 1 amide bonds. The Balaban J connectivity index is 1.80. The summed E-state index contributed by atoms with van der Waals surface area (Å²) < 4.78 is 0. The minimum Gasteiger partial charge on any atom is -0.340 e. The number of aryl methyl sites for hydroxylation is 1. The third-order valence-corrected chi connectivity index (χ3v) is 4.15. The number of rotatable bonds is 2. The van der Waals surface area contributed by atoms with Gasteiger partial charge in [0.05, 0.1) is 10.8 Å². The zero-order chi connectivity index (χ0) is 13.0. The Morgan fingerprint density at radius 2 is 2.00 bits per heavy atom. The lowest BCUT2D eigenvalue weighted by atomic mass is 9.89. The molecule has 1 heterocycles. The van der Waals surface area contributed by atoms with Crippen LogP contribution in [0.5, 0.6) is 0 Å². The van der Waals surface area contributed by atoms with E-state index in [9.17, 15) is 9.59 Å². The van der Waals surface area contributed by atoms with Crippen molar-refractivity contribution in [3.05, 3.63) is 21.9 Å². The van der Waals surface area contributed by atoms with Crippen molar-refractivity contribution in [2.75, 3.05) is 0 Å². The number of hydroxylamine groups is 1. The molecule has 1 fully saturated rings. The van der Waals surface area contributed by atoms with Crippen LogP contribution < -0.4 is 5.48 Å². The molecule has 1 N–H and O–H groups in total. The molecule has 1 saturated carbocycles. The second-order valence-electron chi connectivity index (χ2n) is 4.60. The molecule has 98 valence electrons. The van der Waals surface area contributed by atoms with Crippen LogP contribution in [0.25, 0.3) is 0 Å². The van der Waals surface area contributed by atoms with Crippen molar-refractivity contribution in [2.45, 2.75) is 39.0 Å². The van der Waals surface area contributed by atoms with Crippen LogP contribution >= 0.6 is 11.3 Å². The van der Waals surface area contributed by atoms with Crippen LogP contribution in [0.4, 0.5) is 0 Å². The van der Waals surface area contributed by atoms with Crippen LogP contribution in [0, 0.1) is 12.8 Å². The number of hydrogen-bond acceptors (Lipinski definition) is 4. The number of carbonyl (C=O) groups excluding carboxylic acids is 2. The van der Waals surface area contributed by atoms with Gasteiger partial charge in [-0.25, -0.2) is 4.79 Å². The predicted octanol–water partition coefficient (Wildman–Crippen LogP) is 2.82. The summed E-state index contributed by atoms with van der Waals surface area (Å²) in [6.07, 6.45) is 5.06. The molecular weight excluding hydrogens is 250 g/mol. The fraction of sp³-hybridized carbons (Fsp3) is 0.538.